The number of benzene rings is 4. The van der Waals surface area contributed by atoms with Gasteiger partial charge in [0.25, 0.3) is 15.9 Å². The van der Waals surface area contributed by atoms with Crippen molar-refractivity contribution < 1.29 is 13.2 Å². The monoisotopic (exact) mass is 498 g/mol. The number of carbonyl (C=O) groups excluding carboxylic acids is 1. The van der Waals surface area contributed by atoms with Crippen LogP contribution in [0, 0.1) is 27.7 Å². The van der Waals surface area contributed by atoms with E-state index < -0.39 is 10.0 Å². The van der Waals surface area contributed by atoms with Gasteiger partial charge in [0.2, 0.25) is 0 Å². The van der Waals surface area contributed by atoms with Crippen LogP contribution in [-0.2, 0) is 10.0 Å². The van der Waals surface area contributed by atoms with Gasteiger partial charge in [-0.25, -0.2) is 8.42 Å². The van der Waals surface area contributed by atoms with Gasteiger partial charge >= 0.3 is 0 Å². The Balaban J connectivity index is 1.67. The smallest absolute Gasteiger partial charge is 0.262 e. The Kier molecular flexibility index (Phi) is 7.27. The number of hydrogen-bond acceptors (Lipinski definition) is 3. The summed E-state index contributed by atoms with van der Waals surface area (Å²) < 4.78 is 29.3. The molecule has 4 rings (SSSR count). The van der Waals surface area contributed by atoms with E-state index >= 15 is 0 Å². The van der Waals surface area contributed by atoms with Gasteiger partial charge in [-0.1, -0.05) is 72.8 Å². The lowest BCUT2D eigenvalue weighted by Crippen LogP contribution is -2.30. The van der Waals surface area contributed by atoms with Gasteiger partial charge in [-0.3, -0.25) is 9.52 Å². The minimum absolute atomic E-state index is 0.0724. The normalized spacial score (nSPS) is 12.1. The van der Waals surface area contributed by atoms with Crippen molar-refractivity contribution in [3.63, 3.8) is 0 Å². The van der Waals surface area contributed by atoms with Crippen LogP contribution in [0.25, 0.3) is 0 Å². The van der Waals surface area contributed by atoms with Gasteiger partial charge in [-0.15, -0.1) is 0 Å². The van der Waals surface area contributed by atoms with Crippen molar-refractivity contribution >= 4 is 21.6 Å². The van der Waals surface area contributed by atoms with Gasteiger partial charge in [-0.05, 0) is 79.3 Å². The van der Waals surface area contributed by atoms with E-state index in [1.807, 2.05) is 87.5 Å². The molecule has 4 aromatic carbocycles. The molecule has 2 N–H and O–H groups in total. The van der Waals surface area contributed by atoms with Crippen LogP contribution in [0.2, 0.25) is 0 Å². The topological polar surface area (TPSA) is 75.3 Å². The molecule has 0 saturated heterocycles. The first-order chi connectivity index (χ1) is 17.2. The van der Waals surface area contributed by atoms with E-state index in [0.717, 1.165) is 27.8 Å². The fraction of sp³-hybridized carbons (Fsp3) is 0.167. The maximum absolute atomic E-state index is 13.4. The highest BCUT2D eigenvalue weighted by Gasteiger charge is 2.23. The van der Waals surface area contributed by atoms with E-state index in [1.165, 1.54) is 6.07 Å². The van der Waals surface area contributed by atoms with E-state index in [0.29, 0.717) is 11.3 Å². The second kappa shape index (κ2) is 10.4. The van der Waals surface area contributed by atoms with Crippen molar-refractivity contribution in [3.8, 4) is 0 Å². The molecule has 0 fully saturated rings. The lowest BCUT2D eigenvalue weighted by atomic mass is 9.94. The Morgan fingerprint density at radius 3 is 2.11 bits per heavy atom. The number of aryl methyl sites for hydroxylation is 4. The minimum atomic E-state index is -3.91. The maximum Gasteiger partial charge on any atom is 0.262 e. The first-order valence-corrected chi connectivity index (χ1v) is 13.3. The predicted molar refractivity (Wildman–Crippen MR) is 145 cm³/mol. The molecule has 0 aromatic heterocycles. The molecule has 0 spiro atoms. The predicted octanol–water partition coefficient (Wildman–Crippen LogP) is 6.24. The second-order valence-corrected chi connectivity index (χ2v) is 10.7. The molecule has 4 aromatic rings. The fourth-order valence-electron chi connectivity index (χ4n) is 4.19. The van der Waals surface area contributed by atoms with Crippen LogP contribution in [0.15, 0.2) is 95.9 Å². The molecule has 0 radical (unpaired) electrons. The average Bonchev–Trinajstić information content (AvgIpc) is 2.86. The molecule has 0 bridgehead atoms. The summed E-state index contributed by atoms with van der Waals surface area (Å²) in [6.07, 6.45) is 0. The molecule has 0 saturated carbocycles. The van der Waals surface area contributed by atoms with Crippen molar-refractivity contribution in [2.24, 2.45) is 0 Å². The third kappa shape index (κ3) is 5.50. The minimum Gasteiger partial charge on any atom is -0.341 e. The van der Waals surface area contributed by atoms with Gasteiger partial charge in [0.1, 0.15) is 0 Å². The molecule has 6 heteroatoms. The molecule has 5 nitrogen and oxygen atoms in total. The first kappa shape index (κ1) is 25.2. The van der Waals surface area contributed by atoms with Crippen LogP contribution >= 0.6 is 0 Å². The van der Waals surface area contributed by atoms with E-state index in [-0.39, 0.29) is 22.4 Å². The quantitative estimate of drug-likeness (QED) is 0.317. The number of amides is 1. The summed E-state index contributed by atoms with van der Waals surface area (Å²) in [7, 11) is -3.91. The molecule has 0 heterocycles. The van der Waals surface area contributed by atoms with Gasteiger partial charge in [-0.2, -0.15) is 0 Å². The van der Waals surface area contributed by atoms with Crippen molar-refractivity contribution in [2.75, 3.05) is 4.72 Å². The Morgan fingerprint density at radius 1 is 0.722 bits per heavy atom. The Labute approximate surface area is 213 Å². The Bertz CT molecular complexity index is 1510. The van der Waals surface area contributed by atoms with Crippen LogP contribution in [0.4, 0.5) is 5.69 Å². The summed E-state index contributed by atoms with van der Waals surface area (Å²) >= 11 is 0. The summed E-state index contributed by atoms with van der Waals surface area (Å²) in [6, 6.07) is 27.6. The second-order valence-electron chi connectivity index (χ2n) is 9.08. The third-order valence-corrected chi connectivity index (χ3v) is 7.79. The summed E-state index contributed by atoms with van der Waals surface area (Å²) in [4.78, 5) is 13.5. The highest BCUT2D eigenvalue weighted by Crippen LogP contribution is 2.27. The Morgan fingerprint density at radius 2 is 1.39 bits per heavy atom. The highest BCUT2D eigenvalue weighted by atomic mass is 32.2. The zero-order chi connectivity index (χ0) is 25.9. The number of sulfonamides is 1. The van der Waals surface area contributed by atoms with Crippen molar-refractivity contribution in [3.05, 3.63) is 130 Å². The first-order valence-electron chi connectivity index (χ1n) is 11.8. The van der Waals surface area contributed by atoms with Crippen LogP contribution in [0.3, 0.4) is 0 Å². The van der Waals surface area contributed by atoms with Gasteiger partial charge in [0, 0.05) is 5.56 Å². The van der Waals surface area contributed by atoms with E-state index in [9.17, 15) is 13.2 Å². The average molecular weight is 499 g/mol. The number of carbonyl (C=O) groups is 1. The molecular formula is C30H30N2O3S. The summed E-state index contributed by atoms with van der Waals surface area (Å²) in [5, 5.41) is 3.12. The lowest BCUT2D eigenvalue weighted by Gasteiger charge is -2.22. The summed E-state index contributed by atoms with van der Waals surface area (Å²) in [6.45, 7) is 7.49. The van der Waals surface area contributed by atoms with E-state index in [1.54, 1.807) is 25.1 Å². The number of hydrogen-bond donors (Lipinski definition) is 2. The van der Waals surface area contributed by atoms with Gasteiger partial charge in [0.15, 0.2) is 0 Å². The molecule has 1 amide bonds. The number of nitrogens with one attached hydrogen (secondary N) is 2. The van der Waals surface area contributed by atoms with Crippen LogP contribution in [-0.4, -0.2) is 14.3 Å². The fourth-order valence-corrected chi connectivity index (χ4v) is 5.58. The molecule has 0 aliphatic rings. The summed E-state index contributed by atoms with van der Waals surface area (Å²) in [5.74, 6) is -0.352. The Hall–Kier alpha value is -3.90. The van der Waals surface area contributed by atoms with E-state index in [4.69, 9.17) is 0 Å². The summed E-state index contributed by atoms with van der Waals surface area (Å²) in [5.41, 5.74) is 6.10. The molecule has 184 valence electrons. The van der Waals surface area contributed by atoms with Crippen molar-refractivity contribution in [2.45, 2.75) is 38.6 Å². The molecule has 36 heavy (non-hydrogen) atoms. The van der Waals surface area contributed by atoms with Crippen molar-refractivity contribution in [1.29, 1.82) is 0 Å². The molecule has 0 aliphatic carbocycles. The van der Waals surface area contributed by atoms with Gasteiger partial charge in [0.05, 0.1) is 16.6 Å². The van der Waals surface area contributed by atoms with E-state index in [2.05, 4.69) is 10.0 Å². The standard InChI is InChI=1S/C30H30N2O3S/c1-20-14-15-22(3)27(18-20)32-36(34,35)28-19-25(17-16-23(28)4)30(33)31-29(24-11-6-5-7-12-24)26-13-9-8-10-21(26)2/h5-19,29,32H,1-4H3,(H,31,33). The van der Waals surface area contributed by atoms with Crippen LogP contribution in [0.5, 0.6) is 0 Å². The van der Waals surface area contributed by atoms with Crippen LogP contribution < -0.4 is 10.0 Å². The number of anilines is 1. The maximum atomic E-state index is 13.4. The molecule has 1 unspecified atom stereocenters. The lowest BCUT2D eigenvalue weighted by molar-refractivity contribution is 0.0942. The van der Waals surface area contributed by atoms with Crippen molar-refractivity contribution in [1.82, 2.24) is 5.32 Å². The third-order valence-electron chi connectivity index (χ3n) is 6.29. The SMILES string of the molecule is Cc1ccc(C)c(NS(=O)(=O)c2cc(C(=O)NC(c3ccccc3)c3ccccc3C)ccc2C)c1. The molecule has 0 aliphatic heterocycles. The number of rotatable bonds is 7. The largest absolute Gasteiger partial charge is 0.341 e. The molecular weight excluding hydrogens is 468 g/mol. The zero-order valence-electron chi connectivity index (χ0n) is 20.9. The van der Waals surface area contributed by atoms with Gasteiger partial charge < -0.3 is 5.32 Å². The molecule has 1 atom stereocenters. The van der Waals surface area contributed by atoms with Crippen LogP contribution in [0.1, 0.15) is 49.8 Å². The zero-order valence-corrected chi connectivity index (χ0v) is 21.7. The highest BCUT2D eigenvalue weighted by molar-refractivity contribution is 7.92.